The Morgan fingerprint density at radius 2 is 1.65 bits per heavy atom. The number of hydrogen-bond acceptors (Lipinski definition) is 4. The summed E-state index contributed by atoms with van der Waals surface area (Å²) in [6.07, 6.45) is -0.00889. The number of aliphatic carboxylic acids is 1. The first-order valence-corrected chi connectivity index (χ1v) is 6.99. The van der Waals surface area contributed by atoms with Crippen LogP contribution < -0.4 is 0 Å². The molecule has 0 unspecified atom stereocenters. The van der Waals surface area contributed by atoms with E-state index in [2.05, 4.69) is 23.9 Å². The molecule has 0 aromatic carbocycles. The molecule has 1 N–H and O–H groups in total. The maximum atomic E-state index is 12.1. The molecular weight excluding hydrogens is 260 g/mol. The Bertz CT molecular complexity index is 328. The van der Waals surface area contributed by atoms with Crippen molar-refractivity contribution in [2.75, 3.05) is 67.0 Å². The third-order valence-corrected chi connectivity index (χ3v) is 3.49. The van der Waals surface area contributed by atoms with Crippen molar-refractivity contribution in [2.45, 2.75) is 6.42 Å². The Kier molecular flexibility index (Phi) is 6.74. The highest BCUT2D eigenvalue weighted by molar-refractivity contribution is 5.75. The molecule has 20 heavy (non-hydrogen) atoms. The molecule has 0 bridgehead atoms. The smallest absolute Gasteiger partial charge is 0.319 e. The summed E-state index contributed by atoms with van der Waals surface area (Å²) in [6, 6.07) is -0.0708. The number of hydrogen-bond donors (Lipinski definition) is 1. The van der Waals surface area contributed by atoms with Crippen LogP contribution in [0.15, 0.2) is 0 Å². The number of amides is 2. The molecule has 116 valence electrons. The van der Waals surface area contributed by atoms with Crippen LogP contribution in [0.1, 0.15) is 6.42 Å². The summed E-state index contributed by atoms with van der Waals surface area (Å²) in [5.74, 6) is -0.877. The second-order valence-electron chi connectivity index (χ2n) is 5.48. The number of likely N-dealkylation sites (N-methyl/N-ethyl adjacent to an activating group) is 1. The summed E-state index contributed by atoms with van der Waals surface area (Å²) in [7, 11) is 5.76. The second kappa shape index (κ2) is 8.06. The molecule has 1 rings (SSSR count). The van der Waals surface area contributed by atoms with Crippen LogP contribution >= 0.6 is 0 Å². The molecule has 1 saturated heterocycles. The quantitative estimate of drug-likeness (QED) is 0.725. The first-order valence-electron chi connectivity index (χ1n) is 6.99. The molecule has 1 aliphatic heterocycles. The maximum absolute atomic E-state index is 12.1. The fraction of sp³-hybridized carbons (Fsp3) is 0.846. The van der Waals surface area contributed by atoms with Gasteiger partial charge in [0.1, 0.15) is 0 Å². The number of carbonyl (C=O) groups is 2. The number of piperazine rings is 1. The predicted octanol–water partition coefficient (Wildman–Crippen LogP) is -0.308. The second-order valence-corrected chi connectivity index (χ2v) is 5.48. The van der Waals surface area contributed by atoms with Crippen LogP contribution in [0.25, 0.3) is 0 Å². The van der Waals surface area contributed by atoms with Crippen molar-refractivity contribution < 1.29 is 14.7 Å². The van der Waals surface area contributed by atoms with Crippen molar-refractivity contribution in [1.82, 2.24) is 19.6 Å². The van der Waals surface area contributed by atoms with Crippen molar-refractivity contribution in [3.63, 3.8) is 0 Å². The highest BCUT2D eigenvalue weighted by Gasteiger charge is 2.23. The van der Waals surface area contributed by atoms with Gasteiger partial charge in [0, 0.05) is 52.9 Å². The van der Waals surface area contributed by atoms with Crippen molar-refractivity contribution in [3.8, 4) is 0 Å². The van der Waals surface area contributed by atoms with Gasteiger partial charge in [0.05, 0.1) is 6.42 Å². The lowest BCUT2D eigenvalue weighted by Crippen LogP contribution is -2.53. The van der Waals surface area contributed by atoms with E-state index in [0.29, 0.717) is 13.1 Å². The van der Waals surface area contributed by atoms with Gasteiger partial charge in [-0.15, -0.1) is 0 Å². The van der Waals surface area contributed by atoms with Gasteiger partial charge in [-0.25, -0.2) is 4.79 Å². The summed E-state index contributed by atoms with van der Waals surface area (Å²) >= 11 is 0. The van der Waals surface area contributed by atoms with Crippen LogP contribution in [0.5, 0.6) is 0 Å². The summed E-state index contributed by atoms with van der Waals surface area (Å²) in [6.45, 7) is 5.48. The predicted molar refractivity (Wildman–Crippen MR) is 76.8 cm³/mol. The van der Waals surface area contributed by atoms with Crippen LogP contribution in [-0.4, -0.2) is 104 Å². The zero-order valence-electron chi connectivity index (χ0n) is 12.7. The Morgan fingerprint density at radius 3 is 2.15 bits per heavy atom. The largest absolute Gasteiger partial charge is 0.481 e. The minimum atomic E-state index is -0.877. The van der Waals surface area contributed by atoms with E-state index in [1.807, 2.05) is 0 Å². The van der Waals surface area contributed by atoms with Gasteiger partial charge in [-0.05, 0) is 14.1 Å². The average Bonchev–Trinajstić information content (AvgIpc) is 2.42. The number of carboxylic acid groups (broad SMARTS) is 1. The van der Waals surface area contributed by atoms with Gasteiger partial charge in [-0.2, -0.15) is 0 Å². The van der Waals surface area contributed by atoms with E-state index >= 15 is 0 Å². The van der Waals surface area contributed by atoms with E-state index in [1.54, 1.807) is 11.9 Å². The molecular formula is C13H26N4O3. The lowest BCUT2D eigenvalue weighted by Gasteiger charge is -2.36. The van der Waals surface area contributed by atoms with Gasteiger partial charge in [0.25, 0.3) is 0 Å². The molecule has 2 amide bonds. The minimum Gasteiger partial charge on any atom is -0.481 e. The van der Waals surface area contributed by atoms with E-state index in [4.69, 9.17) is 5.11 Å². The topological polar surface area (TPSA) is 67.3 Å². The van der Waals surface area contributed by atoms with Crippen LogP contribution in [0.4, 0.5) is 4.79 Å². The van der Waals surface area contributed by atoms with Gasteiger partial charge >= 0.3 is 12.0 Å². The molecule has 0 aromatic heterocycles. The molecule has 0 aromatic rings. The lowest BCUT2D eigenvalue weighted by molar-refractivity contribution is -0.137. The molecule has 0 saturated carbocycles. The molecule has 0 radical (unpaired) electrons. The number of urea groups is 1. The molecule has 1 fully saturated rings. The number of carboxylic acids is 1. The highest BCUT2D eigenvalue weighted by atomic mass is 16.4. The van der Waals surface area contributed by atoms with Crippen molar-refractivity contribution in [3.05, 3.63) is 0 Å². The van der Waals surface area contributed by atoms with E-state index in [-0.39, 0.29) is 19.0 Å². The summed E-state index contributed by atoms with van der Waals surface area (Å²) in [5.41, 5.74) is 0. The highest BCUT2D eigenvalue weighted by Crippen LogP contribution is 2.05. The van der Waals surface area contributed by atoms with Crippen LogP contribution in [-0.2, 0) is 4.79 Å². The van der Waals surface area contributed by atoms with Crippen molar-refractivity contribution in [2.24, 2.45) is 0 Å². The molecule has 0 atom stereocenters. The van der Waals surface area contributed by atoms with Gasteiger partial charge in [-0.1, -0.05) is 0 Å². The molecule has 7 heteroatoms. The molecule has 0 spiro atoms. The Balaban J connectivity index is 2.29. The monoisotopic (exact) mass is 286 g/mol. The Hall–Kier alpha value is -1.34. The van der Waals surface area contributed by atoms with Crippen LogP contribution in [0.3, 0.4) is 0 Å². The van der Waals surface area contributed by atoms with Gasteiger partial charge in [-0.3, -0.25) is 9.69 Å². The lowest BCUT2D eigenvalue weighted by atomic mass is 10.3. The Labute approximate surface area is 120 Å². The minimum absolute atomic E-state index is 0.00889. The SMILES string of the molecule is CN(C)CCN1CCN(C(=O)N(C)CCC(=O)O)CC1. The normalized spacial score (nSPS) is 16.5. The molecule has 1 aliphatic rings. The van der Waals surface area contributed by atoms with Gasteiger partial charge < -0.3 is 19.8 Å². The van der Waals surface area contributed by atoms with E-state index in [0.717, 1.165) is 26.2 Å². The van der Waals surface area contributed by atoms with Crippen molar-refractivity contribution in [1.29, 1.82) is 0 Å². The summed E-state index contributed by atoms with van der Waals surface area (Å²) in [5, 5.41) is 8.63. The number of rotatable bonds is 6. The average molecular weight is 286 g/mol. The maximum Gasteiger partial charge on any atom is 0.319 e. The van der Waals surface area contributed by atoms with Gasteiger partial charge in [0.15, 0.2) is 0 Å². The molecule has 1 heterocycles. The fourth-order valence-electron chi connectivity index (χ4n) is 2.10. The summed E-state index contributed by atoms with van der Waals surface area (Å²) < 4.78 is 0. The fourth-order valence-corrected chi connectivity index (χ4v) is 2.10. The third kappa shape index (κ3) is 5.75. The Morgan fingerprint density at radius 1 is 1.05 bits per heavy atom. The van der Waals surface area contributed by atoms with Crippen LogP contribution in [0.2, 0.25) is 0 Å². The van der Waals surface area contributed by atoms with E-state index in [9.17, 15) is 9.59 Å². The molecule has 0 aliphatic carbocycles. The number of carbonyl (C=O) groups excluding carboxylic acids is 1. The van der Waals surface area contributed by atoms with Crippen LogP contribution in [0, 0.1) is 0 Å². The molecule has 7 nitrogen and oxygen atoms in total. The third-order valence-electron chi connectivity index (χ3n) is 3.49. The first kappa shape index (κ1) is 16.7. The summed E-state index contributed by atoms with van der Waals surface area (Å²) in [4.78, 5) is 30.4. The standard InChI is InChI=1S/C13H26N4O3/c1-14(2)6-7-16-8-10-17(11-9-16)13(20)15(3)5-4-12(18)19/h4-11H2,1-3H3,(H,18,19). The zero-order valence-corrected chi connectivity index (χ0v) is 12.7. The van der Waals surface area contributed by atoms with Crippen molar-refractivity contribution >= 4 is 12.0 Å². The zero-order chi connectivity index (χ0) is 15.1. The first-order chi connectivity index (χ1) is 9.40. The van der Waals surface area contributed by atoms with Gasteiger partial charge in [0.2, 0.25) is 0 Å². The number of nitrogens with zero attached hydrogens (tertiary/aromatic N) is 4. The van der Waals surface area contributed by atoms with E-state index in [1.165, 1.54) is 4.90 Å². The van der Waals surface area contributed by atoms with E-state index < -0.39 is 5.97 Å².